The van der Waals surface area contributed by atoms with Crippen molar-refractivity contribution in [1.29, 1.82) is 0 Å². The van der Waals surface area contributed by atoms with Crippen molar-refractivity contribution in [3.63, 3.8) is 0 Å². The van der Waals surface area contributed by atoms with E-state index in [2.05, 4.69) is 20.8 Å². The molecule has 1 fully saturated rings. The Morgan fingerprint density at radius 1 is 1.45 bits per heavy atom. The molecule has 2 N–H and O–H groups in total. The van der Waals surface area contributed by atoms with Crippen LogP contribution in [0.15, 0.2) is 18.2 Å². The van der Waals surface area contributed by atoms with Crippen LogP contribution in [-0.2, 0) is 6.54 Å². The molecule has 1 saturated carbocycles. The van der Waals surface area contributed by atoms with Crippen LogP contribution in [0.25, 0.3) is 0 Å². The van der Waals surface area contributed by atoms with Crippen molar-refractivity contribution < 1.29 is 9.53 Å². The Balaban J connectivity index is 1.56. The third kappa shape index (κ3) is 3.66. The summed E-state index contributed by atoms with van der Waals surface area (Å²) in [6, 6.07) is 4.94. The molecule has 1 aromatic heterocycles. The Morgan fingerprint density at radius 2 is 2.27 bits per heavy atom. The van der Waals surface area contributed by atoms with Crippen LogP contribution < -0.4 is 15.4 Å². The van der Waals surface area contributed by atoms with Crippen molar-refractivity contribution in [2.24, 2.45) is 0 Å². The summed E-state index contributed by atoms with van der Waals surface area (Å²) in [6.45, 7) is 0.309. The average Bonchev–Trinajstić information content (AvgIpc) is 3.26. The highest BCUT2D eigenvalue weighted by molar-refractivity contribution is 7.15. The molecule has 0 unspecified atom stereocenters. The van der Waals surface area contributed by atoms with Gasteiger partial charge in [-0.3, -0.25) is 5.32 Å². The van der Waals surface area contributed by atoms with Crippen molar-refractivity contribution in [2.75, 3.05) is 12.4 Å². The third-order valence-electron chi connectivity index (χ3n) is 3.27. The van der Waals surface area contributed by atoms with Crippen molar-refractivity contribution in [3.05, 3.63) is 33.8 Å². The van der Waals surface area contributed by atoms with Gasteiger partial charge in [-0.1, -0.05) is 22.9 Å². The zero-order valence-corrected chi connectivity index (χ0v) is 13.5. The lowest BCUT2D eigenvalue weighted by Crippen LogP contribution is -2.28. The van der Waals surface area contributed by atoms with Gasteiger partial charge in [-0.05, 0) is 31.0 Å². The second-order valence-corrected chi connectivity index (χ2v) is 6.43. The summed E-state index contributed by atoms with van der Waals surface area (Å²) < 4.78 is 5.24. The fraction of sp³-hybridized carbons (Fsp3) is 0.357. The zero-order chi connectivity index (χ0) is 15.5. The molecule has 1 aliphatic rings. The molecule has 8 heteroatoms. The molecule has 0 bridgehead atoms. The van der Waals surface area contributed by atoms with Crippen molar-refractivity contribution in [2.45, 2.75) is 25.3 Å². The lowest BCUT2D eigenvalue weighted by atomic mass is 10.2. The van der Waals surface area contributed by atoms with E-state index >= 15 is 0 Å². The Labute approximate surface area is 136 Å². The maximum Gasteiger partial charge on any atom is 0.321 e. The zero-order valence-electron chi connectivity index (χ0n) is 11.9. The van der Waals surface area contributed by atoms with Gasteiger partial charge in [0.2, 0.25) is 5.13 Å². The summed E-state index contributed by atoms with van der Waals surface area (Å²) >= 11 is 7.38. The van der Waals surface area contributed by atoms with Gasteiger partial charge in [0.15, 0.2) is 0 Å². The van der Waals surface area contributed by atoms with E-state index in [0.717, 1.165) is 23.4 Å². The number of rotatable bonds is 5. The Kier molecular flexibility index (Phi) is 4.44. The Morgan fingerprint density at radius 3 is 3.00 bits per heavy atom. The van der Waals surface area contributed by atoms with Gasteiger partial charge in [-0.2, -0.15) is 0 Å². The normalized spacial score (nSPS) is 13.7. The number of urea groups is 1. The molecule has 116 valence electrons. The van der Waals surface area contributed by atoms with E-state index < -0.39 is 0 Å². The predicted octanol–water partition coefficient (Wildman–Crippen LogP) is 3.40. The van der Waals surface area contributed by atoms with E-state index in [-0.39, 0.29) is 6.03 Å². The van der Waals surface area contributed by atoms with Gasteiger partial charge in [0.25, 0.3) is 0 Å². The first-order valence-corrected chi connectivity index (χ1v) is 8.06. The van der Waals surface area contributed by atoms with Crippen LogP contribution in [0.4, 0.5) is 9.93 Å². The summed E-state index contributed by atoms with van der Waals surface area (Å²) in [7, 11) is 1.58. The first-order valence-electron chi connectivity index (χ1n) is 6.86. The number of benzene rings is 1. The van der Waals surface area contributed by atoms with E-state index in [1.165, 1.54) is 11.3 Å². The summed E-state index contributed by atoms with van der Waals surface area (Å²) in [5.41, 5.74) is 0.807. The smallest absolute Gasteiger partial charge is 0.321 e. The molecule has 22 heavy (non-hydrogen) atoms. The molecule has 0 atom stereocenters. The minimum atomic E-state index is -0.333. The van der Waals surface area contributed by atoms with E-state index in [4.69, 9.17) is 16.3 Å². The number of ether oxygens (including phenoxy) is 1. The summed E-state index contributed by atoms with van der Waals surface area (Å²) in [5.74, 6) is 1.21. The number of carbonyl (C=O) groups is 1. The van der Waals surface area contributed by atoms with Gasteiger partial charge in [-0.15, -0.1) is 10.2 Å². The minimum absolute atomic E-state index is 0.309. The van der Waals surface area contributed by atoms with E-state index in [1.54, 1.807) is 25.3 Å². The molecule has 0 spiro atoms. The van der Waals surface area contributed by atoms with Gasteiger partial charge in [0.05, 0.1) is 7.11 Å². The van der Waals surface area contributed by atoms with Crippen LogP contribution in [0.1, 0.15) is 29.3 Å². The highest BCUT2D eigenvalue weighted by Crippen LogP contribution is 2.42. The molecule has 3 rings (SSSR count). The van der Waals surface area contributed by atoms with E-state index in [9.17, 15) is 4.79 Å². The number of hydrogen-bond donors (Lipinski definition) is 2. The number of nitrogens with one attached hydrogen (secondary N) is 2. The first-order chi connectivity index (χ1) is 10.7. The molecule has 0 aliphatic heterocycles. The standard InChI is InChI=1S/C14H15ClN4O2S/c1-21-11-5-4-10(15)6-9(11)7-16-13(20)17-14-19-18-12(22-14)8-2-3-8/h4-6,8H,2-3,7H2,1H3,(H2,16,17,19,20). The molecule has 0 radical (unpaired) electrons. The molecular formula is C14H15ClN4O2S. The second kappa shape index (κ2) is 6.50. The Bertz CT molecular complexity index is 687. The number of anilines is 1. The lowest BCUT2D eigenvalue weighted by Gasteiger charge is -2.10. The fourth-order valence-electron chi connectivity index (χ4n) is 1.98. The van der Waals surface area contributed by atoms with Crippen LogP contribution >= 0.6 is 22.9 Å². The molecule has 2 amide bonds. The van der Waals surface area contributed by atoms with Gasteiger partial charge in [0.1, 0.15) is 10.8 Å². The van der Waals surface area contributed by atoms with Crippen molar-refractivity contribution >= 4 is 34.1 Å². The van der Waals surface area contributed by atoms with Crippen molar-refractivity contribution in [1.82, 2.24) is 15.5 Å². The number of aromatic nitrogens is 2. The van der Waals surface area contributed by atoms with Gasteiger partial charge in [-0.25, -0.2) is 4.79 Å². The fourth-order valence-corrected chi connectivity index (χ4v) is 3.08. The molecule has 1 heterocycles. The third-order valence-corrected chi connectivity index (χ3v) is 4.51. The topological polar surface area (TPSA) is 76.1 Å². The summed E-state index contributed by atoms with van der Waals surface area (Å²) in [5, 5.41) is 15.6. The monoisotopic (exact) mass is 338 g/mol. The predicted molar refractivity (Wildman–Crippen MR) is 85.7 cm³/mol. The van der Waals surface area contributed by atoms with Crippen LogP contribution in [-0.4, -0.2) is 23.3 Å². The van der Waals surface area contributed by atoms with Crippen molar-refractivity contribution in [3.8, 4) is 5.75 Å². The van der Waals surface area contributed by atoms with Gasteiger partial charge >= 0.3 is 6.03 Å². The number of hydrogen-bond acceptors (Lipinski definition) is 5. The maximum absolute atomic E-state index is 11.9. The van der Waals surface area contributed by atoms with Crippen LogP contribution in [0.3, 0.4) is 0 Å². The summed E-state index contributed by atoms with van der Waals surface area (Å²) in [4.78, 5) is 11.9. The number of amides is 2. The molecule has 2 aromatic rings. The molecule has 1 aliphatic carbocycles. The van der Waals surface area contributed by atoms with Crippen LogP contribution in [0, 0.1) is 0 Å². The Hall–Kier alpha value is -1.86. The van der Waals surface area contributed by atoms with Crippen LogP contribution in [0.2, 0.25) is 5.02 Å². The number of nitrogens with zero attached hydrogens (tertiary/aromatic N) is 2. The summed E-state index contributed by atoms with van der Waals surface area (Å²) in [6.07, 6.45) is 2.32. The van der Waals surface area contributed by atoms with Crippen LogP contribution in [0.5, 0.6) is 5.75 Å². The average molecular weight is 339 g/mol. The molecule has 0 saturated heterocycles. The maximum atomic E-state index is 11.9. The van der Waals surface area contributed by atoms with Gasteiger partial charge < -0.3 is 10.1 Å². The molecule has 6 nitrogen and oxygen atoms in total. The number of halogens is 1. The number of carbonyl (C=O) groups excluding carboxylic acids is 1. The van der Waals surface area contributed by atoms with Gasteiger partial charge in [0, 0.05) is 23.0 Å². The number of methoxy groups -OCH3 is 1. The first kappa shape index (κ1) is 15.1. The quantitative estimate of drug-likeness (QED) is 0.876. The SMILES string of the molecule is COc1ccc(Cl)cc1CNC(=O)Nc1nnc(C2CC2)s1. The largest absolute Gasteiger partial charge is 0.496 e. The second-order valence-electron chi connectivity index (χ2n) is 4.98. The molecular weight excluding hydrogens is 324 g/mol. The van der Waals surface area contributed by atoms with E-state index in [0.29, 0.717) is 28.4 Å². The highest BCUT2D eigenvalue weighted by Gasteiger charge is 2.27. The minimum Gasteiger partial charge on any atom is -0.496 e. The molecule has 1 aromatic carbocycles. The lowest BCUT2D eigenvalue weighted by molar-refractivity contribution is 0.251. The van der Waals surface area contributed by atoms with E-state index in [1.807, 2.05) is 0 Å². The highest BCUT2D eigenvalue weighted by atomic mass is 35.5.